The molecule has 0 radical (unpaired) electrons. The van der Waals surface area contributed by atoms with Gasteiger partial charge >= 0.3 is 0 Å². The Bertz CT molecular complexity index is 748. The minimum absolute atomic E-state index is 0.131. The summed E-state index contributed by atoms with van der Waals surface area (Å²) in [6.07, 6.45) is 1.48. The Hall–Kier alpha value is -2.57. The summed E-state index contributed by atoms with van der Waals surface area (Å²) >= 11 is 0. The number of nitrogens with one attached hydrogen (secondary N) is 2. The van der Waals surface area contributed by atoms with Crippen LogP contribution >= 0.6 is 0 Å². The SMILES string of the molecule is Fc1ccccc1C1Cc2[nH]nc(-c3nn[nH]n3)c2C1. The lowest BCUT2D eigenvalue weighted by Gasteiger charge is -2.10. The van der Waals surface area contributed by atoms with Gasteiger partial charge in [-0.3, -0.25) is 5.10 Å². The van der Waals surface area contributed by atoms with Crippen molar-refractivity contribution >= 4 is 0 Å². The van der Waals surface area contributed by atoms with Gasteiger partial charge in [0.2, 0.25) is 5.82 Å². The predicted octanol–water partition coefficient (Wildman–Crippen LogP) is 1.61. The minimum atomic E-state index is -0.156. The molecule has 3 aromatic rings. The summed E-state index contributed by atoms with van der Waals surface area (Å²) in [5.74, 6) is 0.444. The van der Waals surface area contributed by atoms with Gasteiger partial charge in [0.15, 0.2) is 0 Å². The number of aromatic amines is 2. The molecule has 1 aliphatic rings. The lowest BCUT2D eigenvalue weighted by molar-refractivity contribution is 0.581. The van der Waals surface area contributed by atoms with Crippen LogP contribution < -0.4 is 0 Å². The smallest absolute Gasteiger partial charge is 0.225 e. The van der Waals surface area contributed by atoms with E-state index in [1.165, 1.54) is 6.07 Å². The number of halogens is 1. The summed E-state index contributed by atoms with van der Waals surface area (Å²) in [4.78, 5) is 0. The molecule has 1 aromatic carbocycles. The van der Waals surface area contributed by atoms with E-state index < -0.39 is 0 Å². The maximum absolute atomic E-state index is 13.9. The second-order valence-corrected chi connectivity index (χ2v) is 4.89. The molecule has 1 atom stereocenters. The molecule has 0 bridgehead atoms. The first-order valence-electron chi connectivity index (χ1n) is 6.37. The summed E-state index contributed by atoms with van der Waals surface area (Å²) in [6.45, 7) is 0. The Morgan fingerprint density at radius 2 is 2.05 bits per heavy atom. The highest BCUT2D eigenvalue weighted by Gasteiger charge is 2.30. The molecule has 0 spiro atoms. The molecular formula is C13H11FN6. The quantitative estimate of drug-likeness (QED) is 0.741. The van der Waals surface area contributed by atoms with Gasteiger partial charge < -0.3 is 0 Å². The molecule has 100 valence electrons. The Balaban J connectivity index is 1.70. The van der Waals surface area contributed by atoms with Crippen molar-refractivity contribution in [2.45, 2.75) is 18.8 Å². The summed E-state index contributed by atoms with van der Waals surface area (Å²) in [5, 5.41) is 21.1. The van der Waals surface area contributed by atoms with Crippen molar-refractivity contribution in [1.82, 2.24) is 30.8 Å². The van der Waals surface area contributed by atoms with Gasteiger partial charge in [0.05, 0.1) is 0 Å². The molecule has 0 amide bonds. The highest BCUT2D eigenvalue weighted by molar-refractivity contribution is 5.57. The minimum Gasteiger partial charge on any atom is -0.282 e. The van der Waals surface area contributed by atoms with Crippen molar-refractivity contribution in [3.8, 4) is 11.5 Å². The Kier molecular flexibility index (Phi) is 2.38. The number of hydrogen-bond acceptors (Lipinski definition) is 4. The van der Waals surface area contributed by atoms with E-state index >= 15 is 0 Å². The van der Waals surface area contributed by atoms with Crippen LogP contribution in [0.1, 0.15) is 22.7 Å². The molecule has 2 N–H and O–H groups in total. The van der Waals surface area contributed by atoms with Crippen LogP contribution in [0.5, 0.6) is 0 Å². The predicted molar refractivity (Wildman–Crippen MR) is 68.3 cm³/mol. The molecule has 7 heteroatoms. The highest BCUT2D eigenvalue weighted by atomic mass is 19.1. The first kappa shape index (κ1) is 11.3. The second-order valence-electron chi connectivity index (χ2n) is 4.89. The fourth-order valence-corrected chi connectivity index (χ4v) is 2.83. The topological polar surface area (TPSA) is 83.1 Å². The van der Waals surface area contributed by atoms with E-state index in [2.05, 4.69) is 30.8 Å². The first-order chi connectivity index (χ1) is 9.83. The van der Waals surface area contributed by atoms with Gasteiger partial charge in [-0.25, -0.2) is 4.39 Å². The standard InChI is InChI=1S/C13H11FN6/c14-10-4-2-1-3-8(10)7-5-9-11(6-7)15-16-12(9)13-17-19-20-18-13/h1-4,7H,5-6H2,(H,15,16)(H,17,18,19,20). The summed E-state index contributed by atoms with van der Waals surface area (Å²) < 4.78 is 13.9. The second kappa shape index (κ2) is 4.22. The molecule has 0 saturated heterocycles. The van der Waals surface area contributed by atoms with E-state index in [9.17, 15) is 4.39 Å². The van der Waals surface area contributed by atoms with Crippen LogP contribution in [-0.4, -0.2) is 30.8 Å². The Morgan fingerprint density at radius 3 is 2.85 bits per heavy atom. The van der Waals surface area contributed by atoms with E-state index in [0.29, 0.717) is 11.5 Å². The van der Waals surface area contributed by atoms with Crippen LogP contribution in [-0.2, 0) is 12.8 Å². The number of hydrogen-bond donors (Lipinski definition) is 2. The number of benzene rings is 1. The van der Waals surface area contributed by atoms with Crippen LogP contribution in [0.3, 0.4) is 0 Å². The van der Waals surface area contributed by atoms with Crippen molar-refractivity contribution in [3.63, 3.8) is 0 Å². The molecular weight excluding hydrogens is 259 g/mol. The molecule has 0 aliphatic heterocycles. The van der Waals surface area contributed by atoms with Crippen molar-refractivity contribution in [2.24, 2.45) is 0 Å². The van der Waals surface area contributed by atoms with Crippen LogP contribution in [0.2, 0.25) is 0 Å². The fraction of sp³-hybridized carbons (Fsp3) is 0.231. The zero-order valence-corrected chi connectivity index (χ0v) is 10.5. The molecule has 6 nitrogen and oxygen atoms in total. The van der Waals surface area contributed by atoms with E-state index in [-0.39, 0.29) is 11.7 Å². The molecule has 1 aliphatic carbocycles. The van der Waals surface area contributed by atoms with E-state index in [0.717, 1.165) is 29.7 Å². The number of fused-ring (bicyclic) bond motifs is 1. The number of rotatable bonds is 2. The molecule has 20 heavy (non-hydrogen) atoms. The third kappa shape index (κ3) is 1.63. The third-order valence-corrected chi connectivity index (χ3v) is 3.76. The number of H-pyrrole nitrogens is 2. The van der Waals surface area contributed by atoms with Gasteiger partial charge in [-0.1, -0.05) is 18.2 Å². The number of nitrogens with zero attached hydrogens (tertiary/aromatic N) is 4. The summed E-state index contributed by atoms with van der Waals surface area (Å²) in [5.41, 5.74) is 3.53. The fourth-order valence-electron chi connectivity index (χ4n) is 2.83. The van der Waals surface area contributed by atoms with Crippen LogP contribution in [0.4, 0.5) is 4.39 Å². The van der Waals surface area contributed by atoms with E-state index in [1.807, 2.05) is 12.1 Å². The molecule has 4 rings (SSSR count). The zero-order chi connectivity index (χ0) is 13.5. The molecule has 0 saturated carbocycles. The van der Waals surface area contributed by atoms with Gasteiger partial charge in [-0.15, -0.1) is 10.2 Å². The van der Waals surface area contributed by atoms with Gasteiger partial charge in [-0.2, -0.15) is 10.3 Å². The van der Waals surface area contributed by atoms with Crippen molar-refractivity contribution in [3.05, 3.63) is 46.9 Å². The Labute approximate surface area is 113 Å². The van der Waals surface area contributed by atoms with Crippen LogP contribution in [0.25, 0.3) is 11.5 Å². The third-order valence-electron chi connectivity index (χ3n) is 3.76. The van der Waals surface area contributed by atoms with Gasteiger partial charge in [0.25, 0.3) is 0 Å². The van der Waals surface area contributed by atoms with Gasteiger partial charge in [0.1, 0.15) is 11.5 Å². The maximum Gasteiger partial charge on any atom is 0.225 e. The van der Waals surface area contributed by atoms with Crippen LogP contribution in [0, 0.1) is 5.82 Å². The number of tetrazole rings is 1. The maximum atomic E-state index is 13.9. The lowest BCUT2D eigenvalue weighted by atomic mass is 9.95. The highest BCUT2D eigenvalue weighted by Crippen LogP contribution is 2.37. The monoisotopic (exact) mass is 270 g/mol. The lowest BCUT2D eigenvalue weighted by Crippen LogP contribution is -2.02. The molecule has 2 aromatic heterocycles. The molecule has 0 fully saturated rings. The average Bonchev–Trinajstić information content (AvgIpc) is 3.14. The van der Waals surface area contributed by atoms with Crippen molar-refractivity contribution < 1.29 is 4.39 Å². The first-order valence-corrected chi connectivity index (χ1v) is 6.37. The van der Waals surface area contributed by atoms with Crippen molar-refractivity contribution in [2.75, 3.05) is 0 Å². The normalized spacial score (nSPS) is 17.4. The van der Waals surface area contributed by atoms with Crippen molar-refractivity contribution in [1.29, 1.82) is 0 Å². The van der Waals surface area contributed by atoms with E-state index in [4.69, 9.17) is 0 Å². The average molecular weight is 270 g/mol. The molecule has 2 heterocycles. The summed E-state index contributed by atoms with van der Waals surface area (Å²) in [7, 11) is 0. The summed E-state index contributed by atoms with van der Waals surface area (Å²) in [6, 6.07) is 6.91. The van der Waals surface area contributed by atoms with Gasteiger partial charge in [-0.05, 0) is 35.6 Å². The largest absolute Gasteiger partial charge is 0.282 e. The zero-order valence-electron chi connectivity index (χ0n) is 10.5. The van der Waals surface area contributed by atoms with E-state index in [1.54, 1.807) is 6.07 Å². The Morgan fingerprint density at radius 1 is 1.15 bits per heavy atom. The van der Waals surface area contributed by atoms with Crippen LogP contribution in [0.15, 0.2) is 24.3 Å². The molecule has 1 unspecified atom stereocenters. The van der Waals surface area contributed by atoms with Gasteiger partial charge in [0, 0.05) is 11.3 Å². The number of aromatic nitrogens is 6.